The first-order valence-corrected chi connectivity index (χ1v) is 7.24. The molecule has 1 aliphatic carbocycles. The standard InChI is InChI=1S/C19H18N2O/c1-3-19(22)21-17-6-4-5-14(12-17)16-9-13(2)10-18-15(11-16)7-8-20-18/h3-12,18,20H,1H2,2H3,(H,21,22). The van der Waals surface area contributed by atoms with Gasteiger partial charge in [-0.05, 0) is 60.2 Å². The lowest BCUT2D eigenvalue weighted by Crippen LogP contribution is -2.17. The lowest BCUT2D eigenvalue weighted by molar-refractivity contribution is -0.111. The molecule has 0 aromatic heterocycles. The summed E-state index contributed by atoms with van der Waals surface area (Å²) in [5.41, 5.74) is 5.42. The third-order valence-electron chi connectivity index (χ3n) is 3.69. The number of hydrogen-bond acceptors (Lipinski definition) is 2. The predicted octanol–water partition coefficient (Wildman–Crippen LogP) is 3.57. The summed E-state index contributed by atoms with van der Waals surface area (Å²) in [5.74, 6) is -0.204. The van der Waals surface area contributed by atoms with Gasteiger partial charge < -0.3 is 10.6 Å². The van der Waals surface area contributed by atoms with E-state index in [0.29, 0.717) is 0 Å². The molecule has 2 aliphatic rings. The normalized spacial score (nSPS) is 19.1. The van der Waals surface area contributed by atoms with Gasteiger partial charge in [-0.25, -0.2) is 0 Å². The summed E-state index contributed by atoms with van der Waals surface area (Å²) in [6.07, 6.45) is 11.9. The topological polar surface area (TPSA) is 41.1 Å². The summed E-state index contributed by atoms with van der Waals surface area (Å²) in [5, 5.41) is 6.12. The summed E-state index contributed by atoms with van der Waals surface area (Å²) in [4.78, 5) is 11.4. The number of fused-ring (bicyclic) bond motifs is 1. The molecular formula is C19H18N2O. The highest BCUT2D eigenvalue weighted by Gasteiger charge is 2.16. The zero-order chi connectivity index (χ0) is 15.5. The Hall–Kier alpha value is -2.81. The maximum absolute atomic E-state index is 11.4. The van der Waals surface area contributed by atoms with Crippen LogP contribution in [0.25, 0.3) is 5.57 Å². The molecule has 1 aromatic carbocycles. The van der Waals surface area contributed by atoms with Gasteiger partial charge in [0.15, 0.2) is 0 Å². The van der Waals surface area contributed by atoms with E-state index < -0.39 is 0 Å². The van der Waals surface area contributed by atoms with Crippen molar-refractivity contribution in [1.29, 1.82) is 0 Å². The van der Waals surface area contributed by atoms with Crippen LogP contribution in [0, 0.1) is 0 Å². The molecule has 1 amide bonds. The second kappa shape index (κ2) is 5.90. The monoisotopic (exact) mass is 290 g/mol. The van der Waals surface area contributed by atoms with Gasteiger partial charge >= 0.3 is 0 Å². The van der Waals surface area contributed by atoms with E-state index in [0.717, 1.165) is 16.8 Å². The van der Waals surface area contributed by atoms with Crippen molar-refractivity contribution in [3.05, 3.63) is 84.1 Å². The van der Waals surface area contributed by atoms with E-state index in [1.165, 1.54) is 17.2 Å². The Bertz CT molecular complexity index is 750. The van der Waals surface area contributed by atoms with Gasteiger partial charge in [-0.1, -0.05) is 36.4 Å². The van der Waals surface area contributed by atoms with Crippen LogP contribution in [-0.2, 0) is 4.79 Å². The molecule has 0 saturated heterocycles. The van der Waals surface area contributed by atoms with Gasteiger partial charge in [-0.2, -0.15) is 0 Å². The molecule has 0 saturated carbocycles. The quantitative estimate of drug-likeness (QED) is 0.836. The first-order chi connectivity index (χ1) is 10.7. The summed E-state index contributed by atoms with van der Waals surface area (Å²) < 4.78 is 0. The molecule has 1 aliphatic heterocycles. The smallest absolute Gasteiger partial charge is 0.247 e. The van der Waals surface area contributed by atoms with E-state index in [4.69, 9.17) is 0 Å². The number of nitrogens with one attached hydrogen (secondary N) is 2. The lowest BCUT2D eigenvalue weighted by atomic mass is 10.0. The predicted molar refractivity (Wildman–Crippen MR) is 91.1 cm³/mol. The summed E-state index contributed by atoms with van der Waals surface area (Å²) in [6, 6.07) is 8.09. The van der Waals surface area contributed by atoms with Crippen LogP contribution in [0.3, 0.4) is 0 Å². The average Bonchev–Trinajstić information content (AvgIpc) is 2.87. The molecule has 1 heterocycles. The molecule has 3 nitrogen and oxygen atoms in total. The first kappa shape index (κ1) is 14.1. The van der Waals surface area contributed by atoms with Gasteiger partial charge in [0.1, 0.15) is 0 Å². The lowest BCUT2D eigenvalue weighted by Gasteiger charge is -2.08. The molecule has 3 rings (SSSR count). The van der Waals surface area contributed by atoms with E-state index in [1.807, 2.05) is 30.5 Å². The molecular weight excluding hydrogens is 272 g/mol. The number of allylic oxidation sites excluding steroid dienone is 4. The van der Waals surface area contributed by atoms with Crippen molar-refractivity contribution in [2.75, 3.05) is 5.32 Å². The maximum Gasteiger partial charge on any atom is 0.247 e. The zero-order valence-corrected chi connectivity index (χ0v) is 12.5. The van der Waals surface area contributed by atoms with Crippen LogP contribution in [0.4, 0.5) is 5.69 Å². The van der Waals surface area contributed by atoms with Gasteiger partial charge in [-0.15, -0.1) is 0 Å². The van der Waals surface area contributed by atoms with Gasteiger partial charge in [0.25, 0.3) is 0 Å². The minimum Gasteiger partial charge on any atom is -0.381 e. The van der Waals surface area contributed by atoms with E-state index in [-0.39, 0.29) is 11.9 Å². The summed E-state index contributed by atoms with van der Waals surface area (Å²) in [6.45, 7) is 5.57. The van der Waals surface area contributed by atoms with E-state index >= 15 is 0 Å². The number of hydrogen-bond donors (Lipinski definition) is 2. The van der Waals surface area contributed by atoms with Crippen LogP contribution in [0.15, 0.2) is 78.6 Å². The molecule has 0 radical (unpaired) electrons. The van der Waals surface area contributed by atoms with E-state index in [2.05, 4.69) is 48.4 Å². The van der Waals surface area contributed by atoms with Crippen molar-refractivity contribution in [1.82, 2.24) is 5.32 Å². The van der Waals surface area contributed by atoms with Gasteiger partial charge in [0.05, 0.1) is 6.04 Å². The molecule has 0 spiro atoms. The number of carbonyl (C=O) groups is 1. The van der Waals surface area contributed by atoms with Crippen LogP contribution in [0.1, 0.15) is 12.5 Å². The Morgan fingerprint density at radius 1 is 1.36 bits per heavy atom. The third kappa shape index (κ3) is 2.93. The zero-order valence-electron chi connectivity index (χ0n) is 12.5. The van der Waals surface area contributed by atoms with Crippen LogP contribution in [0.5, 0.6) is 0 Å². The Kier molecular flexibility index (Phi) is 3.79. The molecule has 2 N–H and O–H groups in total. The van der Waals surface area contributed by atoms with Crippen LogP contribution < -0.4 is 10.6 Å². The third-order valence-corrected chi connectivity index (χ3v) is 3.69. The highest BCUT2D eigenvalue weighted by molar-refractivity contribution is 5.99. The Balaban J connectivity index is 1.96. The van der Waals surface area contributed by atoms with Crippen LogP contribution >= 0.6 is 0 Å². The minimum atomic E-state index is -0.204. The van der Waals surface area contributed by atoms with Gasteiger partial charge in [-0.3, -0.25) is 4.79 Å². The van der Waals surface area contributed by atoms with Crippen molar-refractivity contribution in [2.24, 2.45) is 0 Å². The highest BCUT2D eigenvalue weighted by Crippen LogP contribution is 2.28. The average molecular weight is 290 g/mol. The molecule has 110 valence electrons. The molecule has 0 fully saturated rings. The SMILES string of the molecule is C=CC(=O)Nc1cccc(C2=CC(C)=CC3NC=CC3=C2)c1. The van der Waals surface area contributed by atoms with Crippen LogP contribution in [0.2, 0.25) is 0 Å². The second-order valence-electron chi connectivity index (χ2n) is 5.41. The molecule has 0 bridgehead atoms. The molecule has 1 aromatic rings. The summed E-state index contributed by atoms with van der Waals surface area (Å²) >= 11 is 0. The molecule has 22 heavy (non-hydrogen) atoms. The minimum absolute atomic E-state index is 0.204. The number of carbonyl (C=O) groups excluding carboxylic acids is 1. The Labute approximate surface area is 130 Å². The number of rotatable bonds is 3. The van der Waals surface area contributed by atoms with Gasteiger partial charge in [0.2, 0.25) is 5.91 Å². The van der Waals surface area contributed by atoms with Crippen molar-refractivity contribution in [2.45, 2.75) is 13.0 Å². The summed E-state index contributed by atoms with van der Waals surface area (Å²) in [7, 11) is 0. The number of benzene rings is 1. The fraction of sp³-hybridized carbons (Fsp3) is 0.105. The molecule has 1 atom stereocenters. The Morgan fingerprint density at radius 2 is 2.23 bits per heavy atom. The van der Waals surface area contributed by atoms with E-state index in [1.54, 1.807) is 0 Å². The largest absolute Gasteiger partial charge is 0.381 e. The van der Waals surface area contributed by atoms with Gasteiger partial charge in [0, 0.05) is 5.69 Å². The number of anilines is 1. The van der Waals surface area contributed by atoms with Crippen molar-refractivity contribution < 1.29 is 4.79 Å². The molecule has 3 heteroatoms. The second-order valence-corrected chi connectivity index (χ2v) is 5.41. The van der Waals surface area contributed by atoms with Crippen molar-refractivity contribution >= 4 is 17.2 Å². The maximum atomic E-state index is 11.4. The van der Waals surface area contributed by atoms with Crippen LogP contribution in [-0.4, -0.2) is 11.9 Å². The fourth-order valence-corrected chi connectivity index (χ4v) is 2.64. The van der Waals surface area contributed by atoms with Crippen molar-refractivity contribution in [3.63, 3.8) is 0 Å². The van der Waals surface area contributed by atoms with E-state index in [9.17, 15) is 4.79 Å². The number of amides is 1. The Morgan fingerprint density at radius 3 is 3.05 bits per heavy atom. The highest BCUT2D eigenvalue weighted by atomic mass is 16.1. The first-order valence-electron chi connectivity index (χ1n) is 7.24. The molecule has 1 unspecified atom stereocenters. The van der Waals surface area contributed by atoms with Crippen molar-refractivity contribution in [3.8, 4) is 0 Å². The fourth-order valence-electron chi connectivity index (χ4n) is 2.64.